The maximum atomic E-state index is 14.1. The molecule has 53 heavy (non-hydrogen) atoms. The number of carboxylic acid groups (broad SMARTS) is 1. The highest BCUT2D eigenvalue weighted by atomic mass is 16.4. The summed E-state index contributed by atoms with van der Waals surface area (Å²) >= 11 is 0. The molecule has 6 atom stereocenters. The highest BCUT2D eigenvalue weighted by molar-refractivity contribution is 5.98. The van der Waals surface area contributed by atoms with Gasteiger partial charge in [0, 0.05) is 25.4 Å². The molecule has 2 saturated heterocycles. The largest absolute Gasteiger partial charge is 0.483 e. The van der Waals surface area contributed by atoms with Gasteiger partial charge in [0.05, 0.1) is 0 Å². The molecule has 0 saturated carbocycles. The van der Waals surface area contributed by atoms with Gasteiger partial charge in [-0.15, -0.1) is 0 Å². The van der Waals surface area contributed by atoms with Gasteiger partial charge in [-0.2, -0.15) is 0 Å². The van der Waals surface area contributed by atoms with E-state index in [1.54, 1.807) is 6.92 Å². The number of carbonyl (C=O) groups excluding carboxylic acids is 6. The summed E-state index contributed by atoms with van der Waals surface area (Å²) < 4.78 is 11.4. The van der Waals surface area contributed by atoms with Crippen molar-refractivity contribution in [2.45, 2.75) is 89.1 Å². The molecule has 3 aliphatic rings. The number of nitrogens with zero attached hydrogens (tertiary/aromatic N) is 3. The zero-order valence-electron chi connectivity index (χ0n) is 29.4. The van der Waals surface area contributed by atoms with Crippen molar-refractivity contribution in [3.05, 3.63) is 71.6 Å². The minimum Gasteiger partial charge on any atom is -0.483 e. The lowest BCUT2D eigenvalue weighted by atomic mass is 10.0. The smallest absolute Gasteiger partial charge is 0.290 e. The van der Waals surface area contributed by atoms with Crippen LogP contribution in [-0.2, 0) is 30.4 Å². The Kier molecular flexibility index (Phi) is 12.2. The van der Waals surface area contributed by atoms with Crippen LogP contribution in [0, 0.1) is 5.92 Å². The maximum absolute atomic E-state index is 14.1. The Hall–Kier alpha value is -6.07. The maximum Gasteiger partial charge on any atom is 0.290 e. The summed E-state index contributed by atoms with van der Waals surface area (Å²) in [5, 5.41) is 20.9. The summed E-state index contributed by atoms with van der Waals surface area (Å²) in [5.41, 5.74) is 0.658. The summed E-state index contributed by atoms with van der Waals surface area (Å²) in [6.07, 6.45) is 3.52. The van der Waals surface area contributed by atoms with Crippen LogP contribution in [0.1, 0.15) is 96.9 Å². The number of carbonyl (C=O) groups is 7. The number of aromatic nitrogens is 2. The molecule has 6 amide bonds. The van der Waals surface area contributed by atoms with Crippen LogP contribution in [-0.4, -0.2) is 92.6 Å². The molecule has 0 radical (unpaired) electrons. The molecule has 3 aromatic rings. The highest BCUT2D eigenvalue weighted by Crippen LogP contribution is 2.26. The molecule has 1 aromatic carbocycles. The van der Waals surface area contributed by atoms with Crippen molar-refractivity contribution < 1.29 is 47.5 Å². The zero-order valence-corrected chi connectivity index (χ0v) is 29.4. The quantitative estimate of drug-likeness (QED) is 0.192. The fourth-order valence-electron chi connectivity index (χ4n) is 6.44. The molecule has 282 valence electrons. The molecule has 4 bridgehead atoms. The van der Waals surface area contributed by atoms with Gasteiger partial charge >= 0.3 is 0 Å². The van der Waals surface area contributed by atoms with Gasteiger partial charge in [-0.05, 0) is 37.7 Å². The van der Waals surface area contributed by atoms with Gasteiger partial charge in [-0.3, -0.25) is 33.6 Å². The fourth-order valence-corrected chi connectivity index (χ4v) is 6.44. The lowest BCUT2D eigenvalue weighted by Crippen LogP contribution is -2.48. The van der Waals surface area contributed by atoms with E-state index < -0.39 is 65.8 Å². The van der Waals surface area contributed by atoms with Gasteiger partial charge in [0.2, 0.25) is 35.4 Å². The Morgan fingerprint density at radius 2 is 1.64 bits per heavy atom. The molecule has 0 aliphatic carbocycles. The summed E-state index contributed by atoms with van der Waals surface area (Å²) in [5.74, 6) is -2.78. The first-order valence-corrected chi connectivity index (χ1v) is 17.2. The Morgan fingerprint density at radius 1 is 0.962 bits per heavy atom. The van der Waals surface area contributed by atoms with E-state index in [-0.39, 0.29) is 67.3 Å². The Bertz CT molecular complexity index is 1820. The van der Waals surface area contributed by atoms with Crippen LogP contribution in [0.2, 0.25) is 0 Å². The average molecular weight is 735 g/mol. The van der Waals surface area contributed by atoms with Crippen molar-refractivity contribution in [1.29, 1.82) is 0 Å². The van der Waals surface area contributed by atoms with E-state index in [1.807, 2.05) is 44.2 Å². The van der Waals surface area contributed by atoms with E-state index in [0.29, 0.717) is 12.8 Å². The second-order valence-electron chi connectivity index (χ2n) is 13.5. The number of benzene rings is 1. The third-order valence-electron chi connectivity index (χ3n) is 8.97. The number of hydrogen-bond donors (Lipinski definition) is 6. The van der Waals surface area contributed by atoms with Crippen LogP contribution in [0.3, 0.4) is 0 Å². The Morgan fingerprint density at radius 3 is 2.32 bits per heavy atom. The Balaban J connectivity index is 0.00000175. The van der Waals surface area contributed by atoms with Crippen LogP contribution >= 0.6 is 0 Å². The summed E-state index contributed by atoms with van der Waals surface area (Å²) in [4.78, 5) is 98.0. The molecule has 2 fully saturated rings. The molecule has 6 N–H and O–H groups in total. The van der Waals surface area contributed by atoms with Crippen molar-refractivity contribution in [2.75, 3.05) is 6.54 Å². The second-order valence-corrected chi connectivity index (χ2v) is 13.5. The normalized spacial score (nSPS) is 24.8. The molecule has 3 aliphatic heterocycles. The molecular formula is C35H42N8O10. The highest BCUT2D eigenvalue weighted by Gasteiger charge is 2.43. The number of nitrogens with one attached hydrogen (secondary N) is 5. The first kappa shape index (κ1) is 38.2. The number of rotatable bonds is 6. The molecular weight excluding hydrogens is 692 g/mol. The molecule has 18 heteroatoms. The van der Waals surface area contributed by atoms with E-state index in [9.17, 15) is 28.8 Å². The van der Waals surface area contributed by atoms with Crippen LogP contribution in [0.25, 0.3) is 0 Å². The van der Waals surface area contributed by atoms with Gasteiger partial charge in [-0.1, -0.05) is 44.2 Å². The fraction of sp³-hybridized carbons (Fsp3) is 0.457. The monoisotopic (exact) mass is 734 g/mol. The minimum atomic E-state index is -1.06. The zero-order chi connectivity index (χ0) is 38.2. The average Bonchev–Trinajstić information content (AvgIpc) is 3.95. The predicted octanol–water partition coefficient (Wildman–Crippen LogP) is 0.777. The van der Waals surface area contributed by atoms with Crippen LogP contribution in [0.5, 0.6) is 0 Å². The lowest BCUT2D eigenvalue weighted by molar-refractivity contribution is -0.126. The number of amides is 6. The van der Waals surface area contributed by atoms with E-state index in [0.717, 1.165) is 11.8 Å². The van der Waals surface area contributed by atoms with E-state index >= 15 is 0 Å². The molecule has 0 spiro atoms. The van der Waals surface area contributed by atoms with Gasteiger partial charge in [0.25, 0.3) is 18.3 Å². The van der Waals surface area contributed by atoms with Crippen molar-refractivity contribution in [1.82, 2.24) is 41.5 Å². The topological polar surface area (TPSA) is 255 Å². The van der Waals surface area contributed by atoms with Crippen LogP contribution in [0.15, 0.2) is 51.7 Å². The first-order valence-electron chi connectivity index (χ1n) is 17.2. The Labute approximate surface area is 303 Å². The summed E-state index contributed by atoms with van der Waals surface area (Å²) in [7, 11) is 0. The third-order valence-corrected chi connectivity index (χ3v) is 8.97. The second kappa shape index (κ2) is 17.0. The SMILES string of the molecule is CC(C)C[C@H]1NC(=O)c2coc(n2)[C@H](Cc2ccccc2)NC(=O)[C@@H]2C[C@H](NC(=O)[C@@H]3CCC(=O)N3)CN2C(=O)c2coc(n2)[C@@H](C)NC1=O.O=CO. The van der Waals surface area contributed by atoms with Crippen molar-refractivity contribution in [3.8, 4) is 0 Å². The number of hydrogen-bond acceptors (Lipinski definition) is 11. The summed E-state index contributed by atoms with van der Waals surface area (Å²) in [6.45, 7) is 5.18. The van der Waals surface area contributed by atoms with Crippen molar-refractivity contribution in [2.24, 2.45) is 5.92 Å². The minimum absolute atomic E-state index is 0.0264. The third kappa shape index (κ3) is 9.43. The van der Waals surface area contributed by atoms with Crippen molar-refractivity contribution >= 4 is 41.9 Å². The molecule has 18 nitrogen and oxygen atoms in total. The number of oxazole rings is 2. The van der Waals surface area contributed by atoms with E-state index in [2.05, 4.69) is 36.6 Å². The van der Waals surface area contributed by atoms with E-state index in [1.165, 1.54) is 11.2 Å². The number of fused-ring (bicyclic) bond motifs is 5. The lowest BCUT2D eigenvalue weighted by Gasteiger charge is -2.25. The van der Waals surface area contributed by atoms with E-state index in [4.69, 9.17) is 18.7 Å². The van der Waals surface area contributed by atoms with Gasteiger partial charge in [0.15, 0.2) is 11.4 Å². The van der Waals surface area contributed by atoms with Gasteiger partial charge in [-0.25, -0.2) is 9.97 Å². The van der Waals surface area contributed by atoms with Gasteiger partial charge < -0.3 is 45.4 Å². The van der Waals surface area contributed by atoms with Crippen LogP contribution in [0.4, 0.5) is 0 Å². The molecule has 0 unspecified atom stereocenters. The molecule has 6 rings (SSSR count). The molecule has 2 aromatic heterocycles. The molecule has 5 heterocycles. The van der Waals surface area contributed by atoms with Crippen molar-refractivity contribution in [3.63, 3.8) is 0 Å². The predicted molar refractivity (Wildman–Crippen MR) is 183 cm³/mol. The van der Waals surface area contributed by atoms with Gasteiger partial charge in [0.1, 0.15) is 42.7 Å². The van der Waals surface area contributed by atoms with Crippen LogP contribution < -0.4 is 26.6 Å². The summed E-state index contributed by atoms with van der Waals surface area (Å²) in [6, 6.07) is 4.31. The first-order chi connectivity index (χ1) is 25.4. The standard InChI is InChI=1S/C34H40N8O8.CH2O2/c1-17(2)11-22-29(45)35-18(3)32-41-25(16-49-32)34(48)42-14-20(36-28(44)21-9-10-27(43)37-21)13-26(42)31(47)39-23(12-19-7-5-4-6-8-19)33-40-24(15-50-33)30(46)38-22;2-1-3/h4-8,15-18,20-23,26H,9-14H2,1-3H3,(H,35,45)(H,36,44)(H,37,43)(H,38,46)(H,39,47);1H,(H,2,3)/t18-,20+,21+,22-,23+,26+;/m1./s1.